The van der Waals surface area contributed by atoms with Crippen LogP contribution >= 0.6 is 0 Å². The van der Waals surface area contributed by atoms with Crippen LogP contribution in [0.25, 0.3) is 11.3 Å². The van der Waals surface area contributed by atoms with Gasteiger partial charge in [-0.25, -0.2) is 0 Å². The Labute approximate surface area is 135 Å². The number of aryl methyl sites for hydroxylation is 1. The van der Waals surface area contributed by atoms with Gasteiger partial charge < -0.3 is 4.90 Å². The zero-order valence-corrected chi connectivity index (χ0v) is 13.3. The second-order valence-corrected chi connectivity index (χ2v) is 5.42. The zero-order chi connectivity index (χ0) is 16.2. The Hall–Kier alpha value is -2.88. The van der Waals surface area contributed by atoms with Crippen LogP contribution in [-0.4, -0.2) is 22.6 Å². The van der Waals surface area contributed by atoms with Crippen molar-refractivity contribution in [3.05, 3.63) is 71.9 Å². The summed E-state index contributed by atoms with van der Waals surface area (Å²) < 4.78 is 0. The first-order valence-corrected chi connectivity index (χ1v) is 7.68. The summed E-state index contributed by atoms with van der Waals surface area (Å²) in [6, 6.07) is 19.5. The Morgan fingerprint density at radius 3 is 2.43 bits per heavy atom. The molecule has 0 saturated heterocycles. The van der Waals surface area contributed by atoms with Crippen molar-refractivity contribution < 1.29 is 4.79 Å². The van der Waals surface area contributed by atoms with Crippen molar-refractivity contribution in [2.75, 3.05) is 11.4 Å². The number of para-hydroxylation sites is 1. The average Bonchev–Trinajstić information content (AvgIpc) is 3.07. The minimum atomic E-state index is -0.0791. The molecule has 1 N–H and O–H groups in total. The monoisotopic (exact) mass is 305 g/mol. The van der Waals surface area contributed by atoms with Gasteiger partial charge in [0, 0.05) is 17.8 Å². The van der Waals surface area contributed by atoms with Gasteiger partial charge in [-0.2, -0.15) is 5.10 Å². The third-order valence-corrected chi connectivity index (χ3v) is 3.78. The predicted molar refractivity (Wildman–Crippen MR) is 92.6 cm³/mol. The molecular formula is C19H19N3O. The molecule has 116 valence electrons. The Morgan fingerprint density at radius 2 is 1.78 bits per heavy atom. The van der Waals surface area contributed by atoms with Crippen molar-refractivity contribution in [1.29, 1.82) is 0 Å². The molecule has 0 spiro atoms. The smallest absolute Gasteiger partial charge is 0.276 e. The van der Waals surface area contributed by atoms with Gasteiger partial charge >= 0.3 is 0 Å². The normalized spacial score (nSPS) is 10.5. The van der Waals surface area contributed by atoms with E-state index in [2.05, 4.69) is 10.2 Å². The fraction of sp³-hybridized carbons (Fsp3) is 0.158. The quantitative estimate of drug-likeness (QED) is 0.790. The Kier molecular flexibility index (Phi) is 4.24. The minimum Gasteiger partial charge on any atom is -0.307 e. The topological polar surface area (TPSA) is 49.0 Å². The molecule has 1 amide bonds. The lowest BCUT2D eigenvalue weighted by atomic mass is 10.1. The molecule has 0 aliphatic carbocycles. The summed E-state index contributed by atoms with van der Waals surface area (Å²) in [4.78, 5) is 14.5. The van der Waals surface area contributed by atoms with Crippen LogP contribution in [0.1, 0.15) is 23.0 Å². The van der Waals surface area contributed by atoms with Gasteiger partial charge in [-0.05, 0) is 32.0 Å². The molecule has 0 aliphatic heterocycles. The Balaban J connectivity index is 1.87. The molecule has 1 aromatic heterocycles. The number of carbonyl (C=O) groups is 1. The van der Waals surface area contributed by atoms with Crippen LogP contribution < -0.4 is 4.90 Å². The van der Waals surface area contributed by atoms with Crippen LogP contribution in [0.3, 0.4) is 0 Å². The number of aromatic nitrogens is 2. The average molecular weight is 305 g/mol. The predicted octanol–water partition coefficient (Wildman–Crippen LogP) is 4.05. The number of H-pyrrole nitrogens is 1. The molecule has 23 heavy (non-hydrogen) atoms. The van der Waals surface area contributed by atoms with Gasteiger partial charge in [0.2, 0.25) is 0 Å². The number of amides is 1. The standard InChI is InChI=1S/C19H19N3O/c1-3-22(16-7-5-4-6-8-16)19(23)18-13-17(20-21-18)15-11-9-14(2)10-12-15/h4-13H,3H2,1-2H3,(H,20,21). The van der Waals surface area contributed by atoms with Gasteiger partial charge in [-0.1, -0.05) is 48.0 Å². The van der Waals surface area contributed by atoms with Crippen LogP contribution in [0.4, 0.5) is 5.69 Å². The lowest BCUT2D eigenvalue weighted by Gasteiger charge is -2.19. The number of aromatic amines is 1. The summed E-state index contributed by atoms with van der Waals surface area (Å²) in [5.74, 6) is -0.0791. The number of hydrogen-bond acceptors (Lipinski definition) is 2. The van der Waals surface area contributed by atoms with Crippen LogP contribution in [0.2, 0.25) is 0 Å². The largest absolute Gasteiger partial charge is 0.307 e. The van der Waals surface area contributed by atoms with Crippen LogP contribution in [0.15, 0.2) is 60.7 Å². The Morgan fingerprint density at radius 1 is 1.09 bits per heavy atom. The van der Waals surface area contributed by atoms with Crippen LogP contribution in [0, 0.1) is 6.92 Å². The van der Waals surface area contributed by atoms with Crippen molar-refractivity contribution in [3.8, 4) is 11.3 Å². The summed E-state index contributed by atoms with van der Waals surface area (Å²) in [6.07, 6.45) is 0. The SMILES string of the molecule is CCN(C(=O)c1cc(-c2ccc(C)cc2)n[nH]1)c1ccccc1. The van der Waals surface area contributed by atoms with Crippen molar-refractivity contribution in [2.24, 2.45) is 0 Å². The van der Waals surface area contributed by atoms with Gasteiger partial charge in [0.25, 0.3) is 5.91 Å². The molecule has 0 aliphatic rings. The highest BCUT2D eigenvalue weighted by molar-refractivity contribution is 6.05. The molecule has 0 bridgehead atoms. The Bertz CT molecular complexity index is 791. The molecule has 0 fully saturated rings. The van der Waals surface area contributed by atoms with Gasteiger partial charge in [0.05, 0.1) is 5.69 Å². The molecule has 4 nitrogen and oxygen atoms in total. The summed E-state index contributed by atoms with van der Waals surface area (Å²) in [5, 5.41) is 7.14. The van der Waals surface area contributed by atoms with Crippen LogP contribution in [0.5, 0.6) is 0 Å². The van der Waals surface area contributed by atoms with Gasteiger partial charge in [0.1, 0.15) is 5.69 Å². The molecule has 2 aromatic carbocycles. The number of benzene rings is 2. The highest BCUT2D eigenvalue weighted by Crippen LogP contribution is 2.21. The summed E-state index contributed by atoms with van der Waals surface area (Å²) >= 11 is 0. The first-order valence-electron chi connectivity index (χ1n) is 7.68. The first kappa shape index (κ1) is 15.0. The minimum absolute atomic E-state index is 0.0791. The van der Waals surface area contributed by atoms with E-state index in [0.29, 0.717) is 12.2 Å². The van der Waals surface area contributed by atoms with E-state index in [1.165, 1.54) is 5.56 Å². The first-order chi connectivity index (χ1) is 11.2. The maximum absolute atomic E-state index is 12.7. The summed E-state index contributed by atoms with van der Waals surface area (Å²) in [7, 11) is 0. The fourth-order valence-electron chi connectivity index (χ4n) is 2.50. The molecule has 0 radical (unpaired) electrons. The second-order valence-electron chi connectivity index (χ2n) is 5.42. The number of rotatable bonds is 4. The van der Waals surface area contributed by atoms with Crippen molar-refractivity contribution >= 4 is 11.6 Å². The highest BCUT2D eigenvalue weighted by atomic mass is 16.2. The molecular weight excluding hydrogens is 286 g/mol. The number of carbonyl (C=O) groups excluding carboxylic acids is 1. The molecule has 0 unspecified atom stereocenters. The van der Waals surface area contributed by atoms with E-state index in [1.807, 2.05) is 68.4 Å². The number of anilines is 1. The third-order valence-electron chi connectivity index (χ3n) is 3.78. The van der Waals surface area contributed by atoms with E-state index in [1.54, 1.807) is 11.0 Å². The third kappa shape index (κ3) is 3.16. The van der Waals surface area contributed by atoms with Crippen molar-refractivity contribution in [1.82, 2.24) is 10.2 Å². The van der Waals surface area contributed by atoms with Gasteiger partial charge in [-0.15, -0.1) is 0 Å². The van der Waals surface area contributed by atoms with E-state index in [4.69, 9.17) is 0 Å². The molecule has 1 heterocycles. The fourth-order valence-corrected chi connectivity index (χ4v) is 2.50. The lowest BCUT2D eigenvalue weighted by Crippen LogP contribution is -2.30. The lowest BCUT2D eigenvalue weighted by molar-refractivity contribution is 0.0983. The van der Waals surface area contributed by atoms with E-state index in [-0.39, 0.29) is 5.91 Å². The van der Waals surface area contributed by atoms with Gasteiger partial charge in [-0.3, -0.25) is 9.89 Å². The van der Waals surface area contributed by atoms with Crippen molar-refractivity contribution in [2.45, 2.75) is 13.8 Å². The number of nitrogens with zero attached hydrogens (tertiary/aromatic N) is 2. The summed E-state index contributed by atoms with van der Waals surface area (Å²) in [6.45, 7) is 4.60. The molecule has 0 saturated carbocycles. The van der Waals surface area contributed by atoms with Crippen molar-refractivity contribution in [3.63, 3.8) is 0 Å². The maximum Gasteiger partial charge on any atom is 0.276 e. The summed E-state index contributed by atoms with van der Waals surface area (Å²) in [5.41, 5.74) is 4.34. The molecule has 4 heteroatoms. The number of nitrogens with one attached hydrogen (secondary N) is 1. The maximum atomic E-state index is 12.7. The van der Waals surface area contributed by atoms with E-state index in [0.717, 1.165) is 16.9 Å². The molecule has 3 aromatic rings. The molecule has 0 atom stereocenters. The second kappa shape index (κ2) is 6.48. The number of hydrogen-bond donors (Lipinski definition) is 1. The zero-order valence-electron chi connectivity index (χ0n) is 13.3. The van der Waals surface area contributed by atoms with Crippen LogP contribution in [-0.2, 0) is 0 Å². The van der Waals surface area contributed by atoms with E-state index < -0.39 is 0 Å². The van der Waals surface area contributed by atoms with Gasteiger partial charge in [0.15, 0.2) is 0 Å². The molecule has 3 rings (SSSR count). The van der Waals surface area contributed by atoms with E-state index >= 15 is 0 Å². The highest BCUT2D eigenvalue weighted by Gasteiger charge is 2.18. The van der Waals surface area contributed by atoms with E-state index in [9.17, 15) is 4.79 Å².